The van der Waals surface area contributed by atoms with Crippen molar-refractivity contribution in [2.45, 2.75) is 0 Å². The standard InChI is InChI=1S/C12H9FN4O2/c1-16-5-8(12(18)19)11(15-16)17-6-14-9-4-7(13)2-3-10(9)17/h2-6H,1H3,(H,18,19). The molecular weight excluding hydrogens is 251 g/mol. The highest BCUT2D eigenvalue weighted by atomic mass is 19.1. The molecule has 96 valence electrons. The third-order valence-electron chi connectivity index (χ3n) is 2.78. The highest BCUT2D eigenvalue weighted by Crippen LogP contribution is 2.20. The molecule has 0 saturated carbocycles. The van der Waals surface area contributed by atoms with E-state index in [-0.39, 0.29) is 11.4 Å². The van der Waals surface area contributed by atoms with E-state index in [2.05, 4.69) is 10.1 Å². The molecule has 6 nitrogen and oxygen atoms in total. The SMILES string of the molecule is Cn1cc(C(=O)O)c(-n2cnc3cc(F)ccc32)n1. The average Bonchev–Trinajstić information content (AvgIpc) is 2.91. The first-order valence-corrected chi connectivity index (χ1v) is 5.46. The first-order valence-electron chi connectivity index (χ1n) is 5.46. The van der Waals surface area contributed by atoms with Gasteiger partial charge in [-0.15, -0.1) is 0 Å². The highest BCUT2D eigenvalue weighted by molar-refractivity contribution is 5.92. The Morgan fingerprint density at radius 2 is 2.21 bits per heavy atom. The molecule has 7 heteroatoms. The van der Waals surface area contributed by atoms with Gasteiger partial charge in [-0.3, -0.25) is 9.25 Å². The lowest BCUT2D eigenvalue weighted by Gasteiger charge is -2.01. The van der Waals surface area contributed by atoms with Crippen molar-refractivity contribution in [1.29, 1.82) is 0 Å². The summed E-state index contributed by atoms with van der Waals surface area (Å²) < 4.78 is 16.0. The van der Waals surface area contributed by atoms with Crippen molar-refractivity contribution in [2.75, 3.05) is 0 Å². The summed E-state index contributed by atoms with van der Waals surface area (Å²) in [7, 11) is 1.63. The van der Waals surface area contributed by atoms with Gasteiger partial charge in [0.2, 0.25) is 0 Å². The van der Waals surface area contributed by atoms with Gasteiger partial charge in [-0.05, 0) is 12.1 Å². The first kappa shape index (κ1) is 11.4. The topological polar surface area (TPSA) is 72.9 Å². The normalized spacial score (nSPS) is 11.1. The molecule has 0 bridgehead atoms. The highest BCUT2D eigenvalue weighted by Gasteiger charge is 2.18. The number of aromatic carboxylic acids is 1. The Kier molecular flexibility index (Phi) is 2.34. The van der Waals surface area contributed by atoms with Gasteiger partial charge in [-0.25, -0.2) is 14.2 Å². The van der Waals surface area contributed by atoms with Gasteiger partial charge in [-0.1, -0.05) is 0 Å². The van der Waals surface area contributed by atoms with Crippen LogP contribution in [0.3, 0.4) is 0 Å². The van der Waals surface area contributed by atoms with Crippen molar-refractivity contribution in [1.82, 2.24) is 19.3 Å². The van der Waals surface area contributed by atoms with Crippen molar-refractivity contribution >= 4 is 17.0 Å². The Hall–Kier alpha value is -2.70. The number of aryl methyl sites for hydroxylation is 1. The number of carboxylic acid groups (broad SMARTS) is 1. The quantitative estimate of drug-likeness (QED) is 0.759. The minimum Gasteiger partial charge on any atom is -0.477 e. The Morgan fingerprint density at radius 1 is 1.42 bits per heavy atom. The molecule has 0 aliphatic carbocycles. The second-order valence-electron chi connectivity index (χ2n) is 4.09. The fourth-order valence-corrected chi connectivity index (χ4v) is 1.96. The largest absolute Gasteiger partial charge is 0.477 e. The number of hydrogen-bond acceptors (Lipinski definition) is 3. The van der Waals surface area contributed by atoms with Crippen molar-refractivity contribution in [3.8, 4) is 5.82 Å². The Balaban J connectivity index is 2.27. The molecule has 0 aliphatic rings. The van der Waals surface area contributed by atoms with Gasteiger partial charge < -0.3 is 5.11 Å². The summed E-state index contributed by atoms with van der Waals surface area (Å²) in [5.74, 6) is -1.21. The van der Waals surface area contributed by atoms with Crippen LogP contribution < -0.4 is 0 Å². The molecule has 3 aromatic rings. The number of imidazole rings is 1. The fourth-order valence-electron chi connectivity index (χ4n) is 1.96. The minimum atomic E-state index is -1.08. The minimum absolute atomic E-state index is 0.0612. The maximum Gasteiger partial charge on any atom is 0.341 e. The van der Waals surface area contributed by atoms with Crippen LogP contribution in [0, 0.1) is 5.82 Å². The van der Waals surface area contributed by atoms with Gasteiger partial charge in [0.05, 0.1) is 11.0 Å². The predicted molar refractivity (Wildman–Crippen MR) is 64.8 cm³/mol. The molecule has 0 radical (unpaired) electrons. The third kappa shape index (κ3) is 1.75. The van der Waals surface area contributed by atoms with Gasteiger partial charge in [0.1, 0.15) is 17.7 Å². The summed E-state index contributed by atoms with van der Waals surface area (Å²) in [5.41, 5.74) is 1.11. The van der Waals surface area contributed by atoms with E-state index in [1.165, 1.54) is 40.0 Å². The number of fused-ring (bicyclic) bond motifs is 1. The Morgan fingerprint density at radius 3 is 2.95 bits per heavy atom. The number of carbonyl (C=O) groups is 1. The molecule has 2 aromatic heterocycles. The van der Waals surface area contributed by atoms with Crippen LogP contribution in [0.1, 0.15) is 10.4 Å². The number of halogens is 1. The molecule has 3 rings (SSSR count). The average molecular weight is 260 g/mol. The monoisotopic (exact) mass is 260 g/mol. The molecule has 0 unspecified atom stereocenters. The van der Waals surface area contributed by atoms with Crippen LogP contribution in [0.5, 0.6) is 0 Å². The zero-order valence-corrected chi connectivity index (χ0v) is 9.91. The van der Waals surface area contributed by atoms with Crippen molar-refractivity contribution < 1.29 is 14.3 Å². The van der Waals surface area contributed by atoms with E-state index in [0.29, 0.717) is 11.0 Å². The third-order valence-corrected chi connectivity index (χ3v) is 2.78. The van der Waals surface area contributed by atoms with E-state index in [4.69, 9.17) is 5.11 Å². The number of nitrogens with zero attached hydrogens (tertiary/aromatic N) is 4. The Bertz CT molecular complexity index is 790. The summed E-state index contributed by atoms with van der Waals surface area (Å²) in [4.78, 5) is 15.2. The van der Waals surface area contributed by atoms with Crippen LogP contribution in [0.2, 0.25) is 0 Å². The van der Waals surface area contributed by atoms with Gasteiger partial charge >= 0.3 is 5.97 Å². The molecule has 19 heavy (non-hydrogen) atoms. The van der Waals surface area contributed by atoms with E-state index in [9.17, 15) is 9.18 Å². The van der Waals surface area contributed by atoms with E-state index < -0.39 is 11.8 Å². The number of hydrogen-bond donors (Lipinski definition) is 1. The first-order chi connectivity index (χ1) is 9.06. The van der Waals surface area contributed by atoms with Crippen LogP contribution in [0.25, 0.3) is 16.9 Å². The van der Waals surface area contributed by atoms with Gasteiger partial charge in [0.15, 0.2) is 5.82 Å². The molecule has 2 heterocycles. The lowest BCUT2D eigenvalue weighted by molar-refractivity contribution is 0.0697. The molecule has 1 N–H and O–H groups in total. The van der Waals surface area contributed by atoms with E-state index in [1.807, 2.05) is 0 Å². The van der Waals surface area contributed by atoms with E-state index in [1.54, 1.807) is 7.05 Å². The lowest BCUT2D eigenvalue weighted by Crippen LogP contribution is -2.02. The molecule has 0 fully saturated rings. The second kappa shape index (κ2) is 3.91. The van der Waals surface area contributed by atoms with E-state index in [0.717, 1.165) is 0 Å². The summed E-state index contributed by atoms with van der Waals surface area (Å²) in [6.07, 6.45) is 2.84. The van der Waals surface area contributed by atoms with Crippen molar-refractivity contribution in [2.24, 2.45) is 7.05 Å². The Labute approximate surface area is 106 Å². The molecule has 0 spiro atoms. The maximum atomic E-state index is 13.1. The van der Waals surface area contributed by atoms with Gasteiger partial charge in [-0.2, -0.15) is 5.10 Å². The molecule has 0 aliphatic heterocycles. The molecule has 0 amide bonds. The van der Waals surface area contributed by atoms with Crippen LogP contribution in [-0.2, 0) is 7.05 Å². The van der Waals surface area contributed by atoms with Crippen LogP contribution in [-0.4, -0.2) is 30.4 Å². The summed E-state index contributed by atoms with van der Waals surface area (Å²) >= 11 is 0. The zero-order valence-electron chi connectivity index (χ0n) is 9.91. The van der Waals surface area contributed by atoms with Gasteiger partial charge in [0.25, 0.3) is 0 Å². The van der Waals surface area contributed by atoms with Crippen LogP contribution >= 0.6 is 0 Å². The number of rotatable bonds is 2. The van der Waals surface area contributed by atoms with E-state index >= 15 is 0 Å². The molecule has 0 atom stereocenters. The molecule has 0 saturated heterocycles. The summed E-state index contributed by atoms with van der Waals surface area (Å²) in [5, 5.41) is 13.3. The van der Waals surface area contributed by atoms with Crippen LogP contribution in [0.15, 0.2) is 30.7 Å². The number of benzene rings is 1. The second-order valence-corrected chi connectivity index (χ2v) is 4.09. The molecule has 1 aromatic carbocycles. The maximum absolute atomic E-state index is 13.1. The zero-order chi connectivity index (χ0) is 13.6. The lowest BCUT2D eigenvalue weighted by atomic mass is 10.3. The predicted octanol–water partition coefficient (Wildman–Crippen LogP) is 1.60. The van der Waals surface area contributed by atoms with Gasteiger partial charge in [0, 0.05) is 19.3 Å². The van der Waals surface area contributed by atoms with Crippen molar-refractivity contribution in [3.63, 3.8) is 0 Å². The van der Waals surface area contributed by atoms with Crippen molar-refractivity contribution in [3.05, 3.63) is 42.1 Å². The smallest absolute Gasteiger partial charge is 0.341 e. The summed E-state index contributed by atoms with van der Waals surface area (Å²) in [6, 6.07) is 4.12. The van der Waals surface area contributed by atoms with Crippen LogP contribution in [0.4, 0.5) is 4.39 Å². The number of carboxylic acids is 1. The fraction of sp³-hybridized carbons (Fsp3) is 0.0833. The number of aromatic nitrogens is 4. The summed E-state index contributed by atoms with van der Waals surface area (Å²) in [6.45, 7) is 0. The molecular formula is C12H9FN4O2.